The topological polar surface area (TPSA) is 56.5 Å². The van der Waals surface area contributed by atoms with Gasteiger partial charge >= 0.3 is 11.6 Å². The summed E-state index contributed by atoms with van der Waals surface area (Å²) in [4.78, 5) is 23.7. The number of ether oxygens (including phenoxy) is 1. The van der Waals surface area contributed by atoms with E-state index in [1.807, 2.05) is 18.2 Å². The molecule has 0 bridgehead atoms. The maximum atomic E-state index is 11.6. The third-order valence-electron chi connectivity index (χ3n) is 3.24. The van der Waals surface area contributed by atoms with Crippen molar-refractivity contribution in [2.75, 3.05) is 12.4 Å². The summed E-state index contributed by atoms with van der Waals surface area (Å²) in [5, 5.41) is 0.965. The van der Waals surface area contributed by atoms with Gasteiger partial charge in [0.25, 0.3) is 0 Å². The molecule has 122 valence electrons. The fraction of sp³-hybridized carbons (Fsp3) is 0.333. The van der Waals surface area contributed by atoms with Crippen LogP contribution in [0, 0.1) is 0 Å². The normalized spacial score (nSPS) is 10.7. The highest BCUT2D eigenvalue weighted by Crippen LogP contribution is 2.27. The average molecular weight is 332 g/mol. The Balaban J connectivity index is 1.76. The summed E-state index contributed by atoms with van der Waals surface area (Å²) in [5.41, 5.74) is 0.724. The van der Waals surface area contributed by atoms with Crippen LogP contribution in [-0.2, 0) is 9.53 Å². The Morgan fingerprint density at radius 2 is 2.04 bits per heavy atom. The zero-order chi connectivity index (χ0) is 16.7. The zero-order valence-corrected chi connectivity index (χ0v) is 14.0. The van der Waals surface area contributed by atoms with Gasteiger partial charge in [-0.05, 0) is 38.0 Å². The lowest BCUT2D eigenvalue weighted by Crippen LogP contribution is -2.06. The highest BCUT2D eigenvalue weighted by Gasteiger charge is 2.06. The second-order valence-electron chi connectivity index (χ2n) is 5.25. The molecule has 23 heavy (non-hydrogen) atoms. The highest BCUT2D eigenvalue weighted by molar-refractivity contribution is 7.99. The number of benzene rings is 1. The number of thioether (sulfide) groups is 1. The number of hydrogen-bond donors (Lipinski definition) is 0. The minimum Gasteiger partial charge on any atom is -0.462 e. The number of para-hydroxylation sites is 1. The lowest BCUT2D eigenvalue weighted by molar-refractivity contribution is -0.139. The van der Waals surface area contributed by atoms with Gasteiger partial charge in [0.05, 0.1) is 6.61 Å². The average Bonchev–Trinajstić information content (AvgIpc) is 2.53. The number of esters is 1. The Morgan fingerprint density at radius 1 is 1.26 bits per heavy atom. The molecule has 2 aromatic rings. The van der Waals surface area contributed by atoms with Gasteiger partial charge in [-0.25, -0.2) is 9.59 Å². The molecule has 0 fully saturated rings. The lowest BCUT2D eigenvalue weighted by Gasteiger charge is -2.06. The molecule has 1 aromatic heterocycles. The van der Waals surface area contributed by atoms with E-state index in [1.165, 1.54) is 0 Å². The van der Waals surface area contributed by atoms with Crippen LogP contribution in [0.2, 0.25) is 0 Å². The van der Waals surface area contributed by atoms with Crippen LogP contribution >= 0.6 is 11.8 Å². The monoisotopic (exact) mass is 332 g/mol. The van der Waals surface area contributed by atoms with Crippen molar-refractivity contribution < 1.29 is 13.9 Å². The van der Waals surface area contributed by atoms with Crippen molar-refractivity contribution in [2.24, 2.45) is 0 Å². The summed E-state index contributed by atoms with van der Waals surface area (Å²) >= 11 is 1.65. The van der Waals surface area contributed by atoms with E-state index in [-0.39, 0.29) is 11.6 Å². The molecule has 5 heteroatoms. The maximum absolute atomic E-state index is 11.6. The Bertz CT molecular complexity index is 748. The molecule has 0 N–H and O–H groups in total. The van der Waals surface area contributed by atoms with E-state index in [2.05, 4.69) is 6.58 Å². The minimum atomic E-state index is -0.332. The summed E-state index contributed by atoms with van der Waals surface area (Å²) in [5.74, 6) is 0.573. The maximum Gasteiger partial charge on any atom is 0.337 e. The van der Waals surface area contributed by atoms with Gasteiger partial charge in [0.1, 0.15) is 5.58 Å². The molecule has 0 unspecified atom stereocenters. The molecule has 1 aromatic carbocycles. The molecular weight excluding hydrogens is 312 g/mol. The van der Waals surface area contributed by atoms with Crippen LogP contribution in [-0.4, -0.2) is 18.3 Å². The Labute approximate surface area is 139 Å². The summed E-state index contributed by atoms with van der Waals surface area (Å²) in [7, 11) is 0. The molecule has 0 amide bonds. The van der Waals surface area contributed by atoms with Crippen molar-refractivity contribution >= 4 is 28.7 Å². The van der Waals surface area contributed by atoms with Gasteiger partial charge in [0.2, 0.25) is 0 Å². The van der Waals surface area contributed by atoms with Gasteiger partial charge in [-0.2, -0.15) is 0 Å². The van der Waals surface area contributed by atoms with Crippen molar-refractivity contribution in [3.05, 3.63) is 52.9 Å². The van der Waals surface area contributed by atoms with E-state index >= 15 is 0 Å². The second-order valence-corrected chi connectivity index (χ2v) is 6.39. The van der Waals surface area contributed by atoms with Crippen molar-refractivity contribution in [1.82, 2.24) is 0 Å². The number of hydrogen-bond acceptors (Lipinski definition) is 5. The number of carbonyl (C=O) groups excluding carboxylic acids is 1. The van der Waals surface area contributed by atoms with Gasteiger partial charge in [-0.3, -0.25) is 0 Å². The molecule has 1 heterocycles. The molecule has 0 spiro atoms. The molecule has 2 rings (SSSR count). The van der Waals surface area contributed by atoms with Gasteiger partial charge in [-0.1, -0.05) is 24.8 Å². The SMILES string of the molecule is C=C(C)C(=O)OCCCCCSc1cc(=O)oc2ccccc12. The van der Waals surface area contributed by atoms with Gasteiger partial charge in [0, 0.05) is 21.9 Å². The van der Waals surface area contributed by atoms with E-state index in [0.717, 1.165) is 35.3 Å². The van der Waals surface area contributed by atoms with Crippen molar-refractivity contribution in [3.8, 4) is 0 Å². The first-order chi connectivity index (χ1) is 11.1. The number of unbranched alkanes of at least 4 members (excludes halogenated alkanes) is 2. The van der Waals surface area contributed by atoms with E-state index in [0.29, 0.717) is 17.8 Å². The largest absolute Gasteiger partial charge is 0.462 e. The first-order valence-electron chi connectivity index (χ1n) is 7.56. The van der Waals surface area contributed by atoms with Crippen molar-refractivity contribution in [2.45, 2.75) is 31.1 Å². The van der Waals surface area contributed by atoms with Crippen LogP contribution in [0.1, 0.15) is 26.2 Å². The zero-order valence-electron chi connectivity index (χ0n) is 13.2. The van der Waals surface area contributed by atoms with Crippen LogP contribution in [0.15, 0.2) is 56.6 Å². The van der Waals surface area contributed by atoms with E-state index < -0.39 is 0 Å². The fourth-order valence-corrected chi connectivity index (χ4v) is 3.12. The lowest BCUT2D eigenvalue weighted by atomic mass is 10.2. The third kappa shape index (κ3) is 5.28. The fourth-order valence-electron chi connectivity index (χ4n) is 2.05. The predicted molar refractivity (Wildman–Crippen MR) is 92.8 cm³/mol. The Kier molecular flexibility index (Phi) is 6.47. The van der Waals surface area contributed by atoms with Crippen LogP contribution in [0.4, 0.5) is 0 Å². The second kappa shape index (κ2) is 8.58. The minimum absolute atomic E-state index is 0.321. The standard InChI is InChI=1S/C18H20O4S/c1-13(2)18(20)21-10-6-3-7-11-23-16-12-17(19)22-15-9-5-4-8-14(15)16/h4-5,8-9,12H,1,3,6-7,10-11H2,2H3. The number of fused-ring (bicyclic) bond motifs is 1. The molecule has 4 nitrogen and oxygen atoms in total. The van der Waals surface area contributed by atoms with Crippen LogP contribution in [0.25, 0.3) is 11.0 Å². The quantitative estimate of drug-likeness (QED) is 0.239. The van der Waals surface area contributed by atoms with Crippen molar-refractivity contribution in [1.29, 1.82) is 0 Å². The highest BCUT2D eigenvalue weighted by atomic mass is 32.2. The van der Waals surface area contributed by atoms with E-state index in [9.17, 15) is 9.59 Å². The Hall–Kier alpha value is -2.01. The van der Waals surface area contributed by atoms with Gasteiger partial charge in [0.15, 0.2) is 0 Å². The smallest absolute Gasteiger partial charge is 0.337 e. The van der Waals surface area contributed by atoms with Crippen molar-refractivity contribution in [3.63, 3.8) is 0 Å². The first-order valence-corrected chi connectivity index (χ1v) is 8.55. The summed E-state index contributed by atoms with van der Waals surface area (Å²) in [6, 6.07) is 9.09. The number of carbonyl (C=O) groups is 1. The molecule has 0 atom stereocenters. The molecule has 0 aliphatic carbocycles. The summed E-state index contributed by atoms with van der Waals surface area (Å²) < 4.78 is 10.2. The number of rotatable bonds is 8. The molecular formula is C18H20O4S. The van der Waals surface area contributed by atoms with Gasteiger partial charge < -0.3 is 9.15 Å². The molecule has 0 saturated heterocycles. The Morgan fingerprint density at radius 3 is 2.83 bits per heavy atom. The molecule has 0 aliphatic rings. The van der Waals surface area contributed by atoms with Crippen LogP contribution in [0.3, 0.4) is 0 Å². The van der Waals surface area contributed by atoms with E-state index in [4.69, 9.17) is 9.15 Å². The third-order valence-corrected chi connectivity index (χ3v) is 4.38. The van der Waals surface area contributed by atoms with E-state index in [1.54, 1.807) is 30.8 Å². The molecule has 0 radical (unpaired) electrons. The predicted octanol–water partition coefficient (Wildman–Crippen LogP) is 4.17. The summed E-state index contributed by atoms with van der Waals surface area (Å²) in [6.45, 7) is 5.60. The van der Waals surface area contributed by atoms with Gasteiger partial charge in [-0.15, -0.1) is 11.8 Å². The van der Waals surface area contributed by atoms with Crippen LogP contribution in [0.5, 0.6) is 0 Å². The molecule has 0 aliphatic heterocycles. The van der Waals surface area contributed by atoms with Crippen LogP contribution < -0.4 is 5.63 Å². The molecule has 0 saturated carbocycles. The summed E-state index contributed by atoms with van der Waals surface area (Å²) in [6.07, 6.45) is 2.79. The first kappa shape index (κ1) is 17.3.